The van der Waals surface area contributed by atoms with E-state index in [1.165, 1.54) is 10.6 Å². The molecule has 0 aliphatic carbocycles. The van der Waals surface area contributed by atoms with Crippen molar-refractivity contribution in [2.75, 3.05) is 0 Å². The molecule has 1 N–H and O–H groups in total. The molecular formula is C21H22N2O3. The summed E-state index contributed by atoms with van der Waals surface area (Å²) >= 11 is 0. The van der Waals surface area contributed by atoms with E-state index in [2.05, 4.69) is 19.2 Å². The van der Waals surface area contributed by atoms with E-state index in [9.17, 15) is 9.59 Å². The summed E-state index contributed by atoms with van der Waals surface area (Å²) in [4.78, 5) is 24.4. The third kappa shape index (κ3) is 4.11. The Labute approximate surface area is 152 Å². The van der Waals surface area contributed by atoms with Crippen LogP contribution in [0.1, 0.15) is 41.8 Å². The predicted octanol–water partition coefficient (Wildman–Crippen LogP) is 3.62. The SMILES string of the molecule is CC(C)[C@H](NC(=O)c1ccc(Cn2ccccc2=O)o1)c1ccccc1. The van der Waals surface area contributed by atoms with Gasteiger partial charge in [-0.3, -0.25) is 9.59 Å². The molecule has 0 bridgehead atoms. The van der Waals surface area contributed by atoms with Gasteiger partial charge in [0, 0.05) is 12.3 Å². The zero-order valence-corrected chi connectivity index (χ0v) is 14.9. The van der Waals surface area contributed by atoms with Crippen LogP contribution in [0, 0.1) is 5.92 Å². The van der Waals surface area contributed by atoms with E-state index in [-0.39, 0.29) is 29.2 Å². The van der Waals surface area contributed by atoms with Gasteiger partial charge < -0.3 is 14.3 Å². The first-order valence-electron chi connectivity index (χ1n) is 8.64. The number of furan rings is 1. The average Bonchev–Trinajstić information content (AvgIpc) is 3.10. The summed E-state index contributed by atoms with van der Waals surface area (Å²) in [5.74, 6) is 0.771. The molecule has 0 saturated carbocycles. The largest absolute Gasteiger partial charge is 0.454 e. The van der Waals surface area contributed by atoms with Crippen molar-refractivity contribution in [3.05, 3.63) is 94.3 Å². The van der Waals surface area contributed by atoms with Gasteiger partial charge >= 0.3 is 0 Å². The first-order valence-corrected chi connectivity index (χ1v) is 8.64. The van der Waals surface area contributed by atoms with Gasteiger partial charge in [0.25, 0.3) is 11.5 Å². The molecule has 134 valence electrons. The van der Waals surface area contributed by atoms with Gasteiger partial charge in [0.05, 0.1) is 12.6 Å². The van der Waals surface area contributed by atoms with Crippen molar-refractivity contribution in [2.45, 2.75) is 26.4 Å². The Hall–Kier alpha value is -3.08. The van der Waals surface area contributed by atoms with Gasteiger partial charge in [-0.05, 0) is 29.7 Å². The van der Waals surface area contributed by atoms with Crippen LogP contribution in [0.5, 0.6) is 0 Å². The van der Waals surface area contributed by atoms with Crippen LogP contribution < -0.4 is 10.9 Å². The van der Waals surface area contributed by atoms with Crippen molar-refractivity contribution in [3.8, 4) is 0 Å². The number of pyridine rings is 1. The van der Waals surface area contributed by atoms with Crippen LogP contribution in [0.15, 0.2) is 76.1 Å². The molecule has 3 rings (SSSR count). The van der Waals surface area contributed by atoms with Crippen molar-refractivity contribution >= 4 is 5.91 Å². The lowest BCUT2D eigenvalue weighted by Crippen LogP contribution is -2.31. The van der Waals surface area contributed by atoms with Gasteiger partial charge in [-0.25, -0.2) is 0 Å². The number of hydrogen-bond donors (Lipinski definition) is 1. The van der Waals surface area contributed by atoms with Gasteiger partial charge in [-0.1, -0.05) is 50.2 Å². The van der Waals surface area contributed by atoms with E-state index in [1.807, 2.05) is 30.3 Å². The standard InChI is InChI=1S/C21H22N2O3/c1-15(2)20(16-8-4-3-5-9-16)22-21(25)18-12-11-17(26-18)14-23-13-7-6-10-19(23)24/h3-13,15,20H,14H2,1-2H3,(H,22,25)/t20-/m0/s1. The first kappa shape index (κ1) is 17.7. The molecule has 0 aliphatic rings. The fourth-order valence-corrected chi connectivity index (χ4v) is 2.85. The van der Waals surface area contributed by atoms with E-state index in [1.54, 1.807) is 30.5 Å². The molecule has 0 saturated heterocycles. The smallest absolute Gasteiger partial charge is 0.287 e. The van der Waals surface area contributed by atoms with E-state index in [4.69, 9.17) is 4.42 Å². The second-order valence-corrected chi connectivity index (χ2v) is 6.54. The van der Waals surface area contributed by atoms with Crippen molar-refractivity contribution in [1.82, 2.24) is 9.88 Å². The van der Waals surface area contributed by atoms with Crippen LogP contribution in [-0.2, 0) is 6.54 Å². The van der Waals surface area contributed by atoms with Crippen LogP contribution in [0.3, 0.4) is 0 Å². The van der Waals surface area contributed by atoms with Crippen LogP contribution in [0.25, 0.3) is 0 Å². The van der Waals surface area contributed by atoms with Gasteiger partial charge in [-0.15, -0.1) is 0 Å². The Morgan fingerprint density at radius 3 is 2.46 bits per heavy atom. The van der Waals surface area contributed by atoms with Gasteiger partial charge in [0.1, 0.15) is 5.76 Å². The lowest BCUT2D eigenvalue weighted by Gasteiger charge is -2.22. The summed E-state index contributed by atoms with van der Waals surface area (Å²) in [7, 11) is 0. The number of nitrogens with zero attached hydrogens (tertiary/aromatic N) is 1. The summed E-state index contributed by atoms with van der Waals surface area (Å²) in [6, 6.07) is 18.1. The maximum absolute atomic E-state index is 12.6. The molecule has 2 aromatic heterocycles. The molecule has 1 atom stereocenters. The molecule has 3 aromatic rings. The molecule has 1 amide bonds. The number of nitrogens with one attached hydrogen (secondary N) is 1. The topological polar surface area (TPSA) is 64.2 Å². The monoisotopic (exact) mass is 350 g/mol. The lowest BCUT2D eigenvalue weighted by molar-refractivity contribution is 0.0895. The predicted molar refractivity (Wildman–Crippen MR) is 100.0 cm³/mol. The third-order valence-corrected chi connectivity index (χ3v) is 4.22. The zero-order valence-electron chi connectivity index (χ0n) is 14.9. The second-order valence-electron chi connectivity index (χ2n) is 6.54. The summed E-state index contributed by atoms with van der Waals surface area (Å²) in [6.07, 6.45) is 1.69. The van der Waals surface area contributed by atoms with Crippen molar-refractivity contribution in [1.29, 1.82) is 0 Å². The number of amides is 1. The molecule has 0 fully saturated rings. The Balaban J connectivity index is 1.73. The quantitative estimate of drug-likeness (QED) is 0.738. The van der Waals surface area contributed by atoms with Crippen LogP contribution >= 0.6 is 0 Å². The second kappa shape index (κ2) is 7.87. The van der Waals surface area contributed by atoms with Gasteiger partial charge in [0.2, 0.25) is 0 Å². The molecule has 5 heteroatoms. The van der Waals surface area contributed by atoms with E-state index in [0.717, 1.165) is 5.56 Å². The molecule has 1 aromatic carbocycles. The Kier molecular flexibility index (Phi) is 5.37. The lowest BCUT2D eigenvalue weighted by atomic mass is 9.96. The van der Waals surface area contributed by atoms with E-state index < -0.39 is 0 Å². The van der Waals surface area contributed by atoms with Crippen molar-refractivity contribution in [3.63, 3.8) is 0 Å². The molecule has 0 aliphatic heterocycles. The third-order valence-electron chi connectivity index (χ3n) is 4.22. The minimum Gasteiger partial charge on any atom is -0.454 e. The Morgan fingerprint density at radius 2 is 1.77 bits per heavy atom. The fraction of sp³-hybridized carbons (Fsp3) is 0.238. The minimum atomic E-state index is -0.265. The highest BCUT2D eigenvalue weighted by Crippen LogP contribution is 2.22. The Bertz CT molecular complexity index is 925. The molecule has 26 heavy (non-hydrogen) atoms. The molecule has 5 nitrogen and oxygen atoms in total. The van der Waals surface area contributed by atoms with E-state index >= 15 is 0 Å². The summed E-state index contributed by atoms with van der Waals surface area (Å²) in [6.45, 7) is 4.42. The van der Waals surface area contributed by atoms with E-state index in [0.29, 0.717) is 12.3 Å². The molecule has 0 radical (unpaired) electrons. The number of carbonyl (C=O) groups is 1. The summed E-state index contributed by atoms with van der Waals surface area (Å²) < 4.78 is 7.18. The summed E-state index contributed by atoms with van der Waals surface area (Å²) in [5.41, 5.74) is 0.942. The zero-order chi connectivity index (χ0) is 18.5. The molecular weight excluding hydrogens is 328 g/mol. The molecule has 2 heterocycles. The Morgan fingerprint density at radius 1 is 1.04 bits per heavy atom. The van der Waals surface area contributed by atoms with Crippen molar-refractivity contribution in [2.24, 2.45) is 5.92 Å². The number of hydrogen-bond acceptors (Lipinski definition) is 3. The minimum absolute atomic E-state index is 0.103. The van der Waals surface area contributed by atoms with Crippen LogP contribution in [0.2, 0.25) is 0 Å². The van der Waals surface area contributed by atoms with Gasteiger partial charge in [-0.2, -0.15) is 0 Å². The van der Waals surface area contributed by atoms with Crippen LogP contribution in [0.4, 0.5) is 0 Å². The number of carbonyl (C=O) groups excluding carboxylic acids is 1. The number of benzene rings is 1. The fourth-order valence-electron chi connectivity index (χ4n) is 2.85. The highest BCUT2D eigenvalue weighted by Gasteiger charge is 2.20. The number of aromatic nitrogens is 1. The number of rotatable bonds is 6. The highest BCUT2D eigenvalue weighted by atomic mass is 16.4. The van der Waals surface area contributed by atoms with Gasteiger partial charge in [0.15, 0.2) is 5.76 Å². The maximum atomic E-state index is 12.6. The highest BCUT2D eigenvalue weighted by molar-refractivity contribution is 5.91. The molecule has 0 spiro atoms. The maximum Gasteiger partial charge on any atom is 0.287 e. The molecule has 0 unspecified atom stereocenters. The normalized spacial score (nSPS) is 12.1. The summed E-state index contributed by atoms with van der Waals surface area (Å²) in [5, 5.41) is 3.04. The average molecular weight is 350 g/mol. The first-order chi connectivity index (χ1) is 12.5. The van der Waals surface area contributed by atoms with Crippen LogP contribution in [-0.4, -0.2) is 10.5 Å². The van der Waals surface area contributed by atoms with Crippen molar-refractivity contribution < 1.29 is 9.21 Å².